The molecule has 0 amide bonds. The number of aromatic amines is 1. The molecule has 2 N–H and O–H groups in total. The molecular weight excluding hydrogens is 278 g/mol. The first-order valence-electron chi connectivity index (χ1n) is 4.88. The number of rotatable bonds is 6. The molecule has 0 aliphatic heterocycles. The lowest BCUT2D eigenvalue weighted by molar-refractivity contribution is -0.122. The smallest absolute Gasteiger partial charge is 0.320 e. The van der Waals surface area contributed by atoms with Crippen molar-refractivity contribution in [3.63, 3.8) is 0 Å². The van der Waals surface area contributed by atoms with Crippen LogP contribution in [0.2, 0.25) is 0 Å². The van der Waals surface area contributed by atoms with Crippen LogP contribution in [0.25, 0.3) is 0 Å². The van der Waals surface area contributed by atoms with Crippen LogP contribution < -0.4 is 4.72 Å². The van der Waals surface area contributed by atoms with Crippen LogP contribution in [-0.4, -0.2) is 37.3 Å². The molecule has 0 saturated heterocycles. The summed E-state index contributed by atoms with van der Waals surface area (Å²) in [4.78, 5) is 6.04. The number of alkyl halides is 4. The summed E-state index contributed by atoms with van der Waals surface area (Å²) >= 11 is 0. The average molecular weight is 289 g/mol. The largest absolute Gasteiger partial charge is 0.332 e. The van der Waals surface area contributed by atoms with E-state index in [4.69, 9.17) is 0 Å². The van der Waals surface area contributed by atoms with Crippen molar-refractivity contribution in [2.45, 2.75) is 30.7 Å². The van der Waals surface area contributed by atoms with Crippen molar-refractivity contribution in [3.05, 3.63) is 12.0 Å². The molecule has 0 aliphatic carbocycles. The number of nitrogens with one attached hydrogen (secondary N) is 2. The number of nitrogens with zero attached hydrogens (tertiary/aromatic N) is 1. The van der Waals surface area contributed by atoms with E-state index >= 15 is 0 Å². The van der Waals surface area contributed by atoms with E-state index in [1.165, 1.54) is 4.72 Å². The van der Waals surface area contributed by atoms with Crippen molar-refractivity contribution < 1.29 is 26.0 Å². The fourth-order valence-electron chi connectivity index (χ4n) is 1.01. The average Bonchev–Trinajstić information content (AvgIpc) is 2.75. The Hall–Kier alpha value is -1.16. The highest BCUT2D eigenvalue weighted by Gasteiger charge is 2.41. The Morgan fingerprint density at radius 2 is 2.11 bits per heavy atom. The van der Waals surface area contributed by atoms with Gasteiger partial charge in [-0.2, -0.15) is 8.78 Å². The molecule has 1 aromatic heterocycles. The summed E-state index contributed by atoms with van der Waals surface area (Å²) in [6, 6.07) is 0. The predicted molar refractivity (Wildman–Crippen MR) is 54.1 cm³/mol. The summed E-state index contributed by atoms with van der Waals surface area (Å²) < 4.78 is 73.2. The SMILES string of the molecule is CCc1ncc(S(=O)(=O)NCC(F)(F)C(F)F)[nH]1. The van der Waals surface area contributed by atoms with Crippen LogP contribution in [0, 0.1) is 0 Å². The van der Waals surface area contributed by atoms with E-state index in [9.17, 15) is 26.0 Å². The summed E-state index contributed by atoms with van der Waals surface area (Å²) in [5.74, 6) is -4.07. The maximum absolute atomic E-state index is 12.6. The molecule has 5 nitrogen and oxygen atoms in total. The molecule has 10 heteroatoms. The van der Waals surface area contributed by atoms with Crippen LogP contribution in [0.15, 0.2) is 11.2 Å². The van der Waals surface area contributed by atoms with E-state index in [0.717, 1.165) is 6.20 Å². The third-order valence-corrected chi connectivity index (χ3v) is 3.36. The molecule has 0 fully saturated rings. The van der Waals surface area contributed by atoms with Gasteiger partial charge in [0.2, 0.25) is 0 Å². The molecule has 1 heterocycles. The summed E-state index contributed by atoms with van der Waals surface area (Å²) in [5, 5.41) is -0.440. The third-order valence-electron chi connectivity index (χ3n) is 2.05. The topological polar surface area (TPSA) is 74.8 Å². The van der Waals surface area contributed by atoms with Gasteiger partial charge in [0.1, 0.15) is 5.82 Å². The van der Waals surface area contributed by atoms with Gasteiger partial charge < -0.3 is 4.98 Å². The van der Waals surface area contributed by atoms with Gasteiger partial charge in [-0.05, 0) is 0 Å². The van der Waals surface area contributed by atoms with E-state index in [2.05, 4.69) is 9.97 Å². The van der Waals surface area contributed by atoms with E-state index in [1.54, 1.807) is 6.92 Å². The number of sulfonamides is 1. The summed E-state index contributed by atoms with van der Waals surface area (Å²) in [6.45, 7) is 0.0289. The van der Waals surface area contributed by atoms with E-state index in [-0.39, 0.29) is 0 Å². The molecule has 0 aromatic carbocycles. The quantitative estimate of drug-likeness (QED) is 0.771. The molecule has 104 valence electrons. The van der Waals surface area contributed by atoms with Gasteiger partial charge in [0.15, 0.2) is 5.03 Å². The normalized spacial score (nSPS) is 13.2. The molecule has 0 spiro atoms. The van der Waals surface area contributed by atoms with Gasteiger partial charge in [-0.1, -0.05) is 6.92 Å². The van der Waals surface area contributed by atoms with Crippen LogP contribution in [0.4, 0.5) is 17.6 Å². The molecule has 0 saturated carbocycles. The Morgan fingerprint density at radius 3 is 2.56 bits per heavy atom. The highest BCUT2D eigenvalue weighted by molar-refractivity contribution is 7.89. The number of aryl methyl sites for hydroxylation is 1. The first-order chi connectivity index (χ1) is 8.19. The summed E-state index contributed by atoms with van der Waals surface area (Å²) in [6.07, 6.45) is -2.59. The first kappa shape index (κ1) is 14.9. The molecule has 1 aromatic rings. The zero-order valence-electron chi connectivity index (χ0n) is 9.25. The lowest BCUT2D eigenvalue weighted by atomic mass is 10.4. The van der Waals surface area contributed by atoms with Crippen molar-refractivity contribution in [2.24, 2.45) is 0 Å². The van der Waals surface area contributed by atoms with Crippen molar-refractivity contribution in [3.8, 4) is 0 Å². The highest BCUT2D eigenvalue weighted by Crippen LogP contribution is 2.22. The van der Waals surface area contributed by atoms with Gasteiger partial charge in [-0.15, -0.1) is 0 Å². The Bertz CT molecular complexity index is 500. The molecule has 1 rings (SSSR count). The Balaban J connectivity index is 2.77. The van der Waals surface area contributed by atoms with Gasteiger partial charge in [0, 0.05) is 6.42 Å². The Labute approximate surface area is 101 Å². The summed E-state index contributed by atoms with van der Waals surface area (Å²) in [7, 11) is -4.30. The first-order valence-corrected chi connectivity index (χ1v) is 6.37. The second kappa shape index (κ2) is 5.22. The zero-order valence-corrected chi connectivity index (χ0v) is 10.1. The van der Waals surface area contributed by atoms with Gasteiger partial charge in [0.05, 0.1) is 12.7 Å². The van der Waals surface area contributed by atoms with Crippen molar-refractivity contribution in [1.82, 2.24) is 14.7 Å². The minimum absolute atomic E-state index is 0.344. The Morgan fingerprint density at radius 1 is 1.50 bits per heavy atom. The second-order valence-electron chi connectivity index (χ2n) is 3.43. The number of hydrogen-bond donors (Lipinski definition) is 2. The molecular formula is C8H11F4N3O2S. The van der Waals surface area contributed by atoms with Crippen LogP contribution in [-0.2, 0) is 16.4 Å². The monoisotopic (exact) mass is 289 g/mol. The lowest BCUT2D eigenvalue weighted by Gasteiger charge is -2.15. The maximum Gasteiger partial charge on any atom is 0.320 e. The van der Waals surface area contributed by atoms with Gasteiger partial charge in [-0.25, -0.2) is 26.9 Å². The minimum atomic E-state index is -4.42. The van der Waals surface area contributed by atoms with E-state index in [1.807, 2.05) is 0 Å². The molecule has 0 aliphatic rings. The fraction of sp³-hybridized carbons (Fsp3) is 0.625. The molecule has 0 bridgehead atoms. The van der Waals surface area contributed by atoms with Crippen LogP contribution in [0.3, 0.4) is 0 Å². The molecule has 0 unspecified atom stereocenters. The highest BCUT2D eigenvalue weighted by atomic mass is 32.2. The van der Waals surface area contributed by atoms with Gasteiger partial charge in [0.25, 0.3) is 10.0 Å². The molecule has 0 radical (unpaired) electrons. The molecule has 18 heavy (non-hydrogen) atoms. The third kappa shape index (κ3) is 3.42. The number of hydrogen-bond acceptors (Lipinski definition) is 3. The van der Waals surface area contributed by atoms with E-state index < -0.39 is 33.9 Å². The number of halogens is 4. The van der Waals surface area contributed by atoms with Crippen molar-refractivity contribution in [1.29, 1.82) is 0 Å². The van der Waals surface area contributed by atoms with Gasteiger partial charge in [-0.3, -0.25) is 0 Å². The zero-order chi connectivity index (χ0) is 14.0. The lowest BCUT2D eigenvalue weighted by Crippen LogP contribution is -2.41. The van der Waals surface area contributed by atoms with E-state index in [0.29, 0.717) is 12.2 Å². The minimum Gasteiger partial charge on any atom is -0.332 e. The number of aromatic nitrogens is 2. The van der Waals surface area contributed by atoms with Crippen molar-refractivity contribution in [2.75, 3.05) is 6.54 Å². The molecule has 0 atom stereocenters. The van der Waals surface area contributed by atoms with Crippen LogP contribution in [0.1, 0.15) is 12.7 Å². The van der Waals surface area contributed by atoms with Crippen molar-refractivity contribution >= 4 is 10.0 Å². The van der Waals surface area contributed by atoms with Crippen LogP contribution in [0.5, 0.6) is 0 Å². The number of imidazole rings is 1. The Kier molecular flexibility index (Phi) is 4.32. The summed E-state index contributed by atoms with van der Waals surface area (Å²) in [5.41, 5.74) is 0. The second-order valence-corrected chi connectivity index (χ2v) is 5.17. The van der Waals surface area contributed by atoms with Crippen LogP contribution >= 0.6 is 0 Å². The fourth-order valence-corrected chi connectivity index (χ4v) is 1.99. The van der Waals surface area contributed by atoms with Gasteiger partial charge >= 0.3 is 12.3 Å². The maximum atomic E-state index is 12.6. The number of H-pyrrole nitrogens is 1. The standard InChI is InChI=1S/C8H11F4N3O2S/c1-2-5-13-3-6(15-5)18(16,17)14-4-8(11,12)7(9)10/h3,7,14H,2,4H2,1H3,(H,13,15). The predicted octanol–water partition coefficient (Wildman–Crippen LogP) is 1.15.